The van der Waals surface area contributed by atoms with Gasteiger partial charge in [0.2, 0.25) is 5.91 Å². The van der Waals surface area contributed by atoms with Crippen molar-refractivity contribution in [1.82, 2.24) is 9.88 Å². The van der Waals surface area contributed by atoms with Gasteiger partial charge < -0.3 is 14.4 Å². The van der Waals surface area contributed by atoms with Crippen molar-refractivity contribution in [2.75, 3.05) is 46.3 Å². The molecule has 0 aliphatic rings. The minimum absolute atomic E-state index is 0. The molecule has 0 bridgehead atoms. The van der Waals surface area contributed by atoms with Crippen LogP contribution in [-0.4, -0.2) is 62.4 Å². The number of nitrogens with zero attached hydrogens (tertiary/aromatic N) is 3. The molecular weight excluding hydrogens is 490 g/mol. The van der Waals surface area contributed by atoms with Gasteiger partial charge in [0, 0.05) is 16.7 Å². The molecule has 0 aliphatic heterocycles. The number of carbonyl (C=O) groups is 1. The van der Waals surface area contributed by atoms with Crippen molar-refractivity contribution < 1.29 is 14.3 Å². The average Bonchev–Trinajstić information content (AvgIpc) is 3.21. The Bertz CT molecular complexity index is 1030. The van der Waals surface area contributed by atoms with Gasteiger partial charge in [0.05, 0.1) is 20.6 Å². The number of thioether (sulfide) groups is 1. The van der Waals surface area contributed by atoms with E-state index in [1.165, 1.54) is 16.2 Å². The summed E-state index contributed by atoms with van der Waals surface area (Å²) in [6.07, 6.45) is 1.19. The highest BCUT2D eigenvalue weighted by molar-refractivity contribution is 7.99. The summed E-state index contributed by atoms with van der Waals surface area (Å²) in [6, 6.07) is 12.0. The molecule has 1 amide bonds. The first kappa shape index (κ1) is 28.2. The van der Waals surface area contributed by atoms with Gasteiger partial charge in [-0.25, -0.2) is 4.98 Å². The molecule has 0 radical (unpaired) electrons. The summed E-state index contributed by atoms with van der Waals surface area (Å²) in [5.74, 6) is 1.44. The second-order valence-electron chi connectivity index (χ2n) is 8.33. The van der Waals surface area contributed by atoms with Gasteiger partial charge in [-0.15, -0.1) is 24.2 Å². The Morgan fingerprint density at radius 2 is 1.68 bits per heavy atom. The maximum absolute atomic E-state index is 13.4. The van der Waals surface area contributed by atoms with Crippen LogP contribution in [0.3, 0.4) is 0 Å². The quantitative estimate of drug-likeness (QED) is 0.298. The Morgan fingerprint density at radius 1 is 1.03 bits per heavy atom. The molecule has 3 aromatic rings. The van der Waals surface area contributed by atoms with E-state index in [1.54, 1.807) is 14.2 Å². The first-order valence-corrected chi connectivity index (χ1v) is 12.7. The zero-order valence-corrected chi connectivity index (χ0v) is 23.1. The van der Waals surface area contributed by atoms with Crippen LogP contribution in [0.15, 0.2) is 41.3 Å². The van der Waals surface area contributed by atoms with Crippen LogP contribution in [0.1, 0.15) is 25.8 Å². The highest BCUT2D eigenvalue weighted by Crippen LogP contribution is 2.40. The van der Waals surface area contributed by atoms with E-state index in [-0.39, 0.29) is 18.3 Å². The molecule has 1 heterocycles. The van der Waals surface area contributed by atoms with Crippen LogP contribution in [0.4, 0.5) is 5.13 Å². The maximum Gasteiger partial charge on any atom is 0.233 e. The van der Waals surface area contributed by atoms with Crippen LogP contribution in [-0.2, 0) is 11.2 Å². The molecule has 2 aromatic carbocycles. The van der Waals surface area contributed by atoms with Crippen molar-refractivity contribution in [3.05, 3.63) is 42.0 Å². The number of rotatable bonds is 11. The van der Waals surface area contributed by atoms with E-state index < -0.39 is 0 Å². The molecule has 1 aromatic heterocycles. The molecule has 0 aliphatic carbocycles. The number of ether oxygens (including phenoxy) is 2. The maximum atomic E-state index is 13.4. The fourth-order valence-electron chi connectivity index (χ4n) is 3.49. The van der Waals surface area contributed by atoms with Gasteiger partial charge in [0.1, 0.15) is 21.7 Å². The van der Waals surface area contributed by atoms with E-state index in [0.717, 1.165) is 34.5 Å². The fraction of sp³-hybridized carbons (Fsp3) is 0.440. The number of halogens is 1. The minimum Gasteiger partial charge on any atom is -0.495 e. The number of methoxy groups -OCH3 is 2. The van der Waals surface area contributed by atoms with Gasteiger partial charge in [0.15, 0.2) is 5.13 Å². The topological polar surface area (TPSA) is 54.9 Å². The van der Waals surface area contributed by atoms with E-state index in [2.05, 4.69) is 30.9 Å². The average molecular weight is 524 g/mol. The number of hydrogen-bond donors (Lipinski definition) is 0. The lowest BCUT2D eigenvalue weighted by Gasteiger charge is -2.21. The van der Waals surface area contributed by atoms with Crippen LogP contribution in [0, 0.1) is 0 Å². The third-order valence-corrected chi connectivity index (χ3v) is 7.18. The summed E-state index contributed by atoms with van der Waals surface area (Å²) < 4.78 is 11.9. The Kier molecular flexibility index (Phi) is 11.0. The third kappa shape index (κ3) is 7.25. The SMILES string of the molecule is COc1ccc(OC)c2sc(N(CCCN(C)C)C(=O)Cc3ccc(SC(C)C)cc3)nc12.Cl. The number of anilines is 1. The number of thiazole rings is 1. The number of hydrogen-bond acceptors (Lipinski definition) is 7. The molecule has 0 spiro atoms. The lowest BCUT2D eigenvalue weighted by atomic mass is 10.1. The zero-order valence-electron chi connectivity index (χ0n) is 20.7. The van der Waals surface area contributed by atoms with Crippen LogP contribution >= 0.6 is 35.5 Å². The first-order chi connectivity index (χ1) is 15.8. The van der Waals surface area contributed by atoms with Crippen molar-refractivity contribution in [3.63, 3.8) is 0 Å². The molecule has 0 saturated heterocycles. The molecule has 34 heavy (non-hydrogen) atoms. The normalized spacial score (nSPS) is 11.1. The molecule has 3 rings (SSSR count). The number of aromatic nitrogens is 1. The lowest BCUT2D eigenvalue weighted by Crippen LogP contribution is -2.34. The second kappa shape index (κ2) is 13.2. The van der Waals surface area contributed by atoms with Crippen LogP contribution in [0.5, 0.6) is 11.5 Å². The first-order valence-electron chi connectivity index (χ1n) is 11.0. The fourth-order valence-corrected chi connectivity index (χ4v) is 5.45. The van der Waals surface area contributed by atoms with Crippen molar-refractivity contribution in [2.24, 2.45) is 0 Å². The Labute approximate surface area is 217 Å². The predicted molar refractivity (Wildman–Crippen MR) is 147 cm³/mol. The highest BCUT2D eigenvalue weighted by atomic mass is 35.5. The molecule has 9 heteroatoms. The number of fused-ring (bicyclic) bond motifs is 1. The largest absolute Gasteiger partial charge is 0.495 e. The standard InChI is InChI=1S/C25H33N3O3S2.ClH/c1-17(2)32-19-10-8-18(9-11-19)16-22(29)28(15-7-14-27(3)4)25-26-23-20(30-5)12-13-21(31-6)24(23)33-25;/h8-13,17H,7,14-16H2,1-6H3;1H. The monoisotopic (exact) mass is 523 g/mol. The van der Waals surface area contributed by atoms with E-state index in [0.29, 0.717) is 29.1 Å². The van der Waals surface area contributed by atoms with E-state index in [4.69, 9.17) is 14.5 Å². The zero-order chi connectivity index (χ0) is 24.0. The minimum atomic E-state index is 0. The summed E-state index contributed by atoms with van der Waals surface area (Å²) in [6.45, 7) is 5.84. The molecule has 186 valence electrons. The summed E-state index contributed by atoms with van der Waals surface area (Å²) in [4.78, 5) is 23.4. The summed E-state index contributed by atoms with van der Waals surface area (Å²) in [5, 5.41) is 1.20. The second-order valence-corrected chi connectivity index (χ2v) is 11.0. The summed E-state index contributed by atoms with van der Waals surface area (Å²) in [7, 11) is 7.34. The molecule has 0 N–H and O–H groups in total. The van der Waals surface area contributed by atoms with Crippen LogP contribution < -0.4 is 14.4 Å². The van der Waals surface area contributed by atoms with Gasteiger partial charge >= 0.3 is 0 Å². The van der Waals surface area contributed by atoms with Crippen molar-refractivity contribution in [2.45, 2.75) is 36.8 Å². The Morgan fingerprint density at radius 3 is 2.26 bits per heavy atom. The molecule has 6 nitrogen and oxygen atoms in total. The van der Waals surface area contributed by atoms with Crippen molar-refractivity contribution in [1.29, 1.82) is 0 Å². The summed E-state index contributed by atoms with van der Waals surface area (Å²) in [5.41, 5.74) is 1.72. The molecule has 0 atom stereocenters. The van der Waals surface area contributed by atoms with Crippen molar-refractivity contribution >= 4 is 56.8 Å². The van der Waals surface area contributed by atoms with Crippen LogP contribution in [0.25, 0.3) is 10.2 Å². The molecule has 0 unspecified atom stereocenters. The predicted octanol–water partition coefficient (Wildman–Crippen LogP) is 5.76. The number of carbonyl (C=O) groups excluding carboxylic acids is 1. The summed E-state index contributed by atoms with van der Waals surface area (Å²) >= 11 is 3.29. The number of amides is 1. The van der Waals surface area contributed by atoms with E-state index in [1.807, 2.05) is 55.0 Å². The van der Waals surface area contributed by atoms with Gasteiger partial charge in [-0.2, -0.15) is 0 Å². The van der Waals surface area contributed by atoms with Gasteiger partial charge in [0.25, 0.3) is 0 Å². The van der Waals surface area contributed by atoms with Gasteiger partial charge in [-0.1, -0.05) is 37.3 Å². The van der Waals surface area contributed by atoms with Crippen LogP contribution in [0.2, 0.25) is 0 Å². The molecule has 0 fully saturated rings. The van der Waals surface area contributed by atoms with E-state index in [9.17, 15) is 4.79 Å². The lowest BCUT2D eigenvalue weighted by molar-refractivity contribution is -0.118. The third-order valence-electron chi connectivity index (χ3n) is 5.07. The smallest absolute Gasteiger partial charge is 0.233 e. The molecular formula is C25H34ClN3O3S2. The van der Waals surface area contributed by atoms with E-state index >= 15 is 0 Å². The van der Waals surface area contributed by atoms with Gasteiger partial charge in [-0.3, -0.25) is 9.69 Å². The van der Waals surface area contributed by atoms with Crippen molar-refractivity contribution in [3.8, 4) is 11.5 Å². The highest BCUT2D eigenvalue weighted by Gasteiger charge is 2.22. The van der Waals surface area contributed by atoms with Gasteiger partial charge in [-0.05, 0) is 56.9 Å². The Balaban J connectivity index is 0.00000408. The molecule has 0 saturated carbocycles. The number of benzene rings is 2. The Hall–Kier alpha value is -2.00.